The molecule has 100 valence electrons. The van der Waals surface area contributed by atoms with Gasteiger partial charge in [0.05, 0.1) is 6.10 Å². The number of hydrogen-bond acceptors (Lipinski definition) is 3. The van der Waals surface area contributed by atoms with Crippen molar-refractivity contribution < 1.29 is 4.74 Å². The van der Waals surface area contributed by atoms with E-state index in [2.05, 4.69) is 25.7 Å². The molecular weight excluding hydrogens is 212 g/mol. The predicted molar refractivity (Wildman–Crippen MR) is 71.0 cm³/mol. The lowest BCUT2D eigenvalue weighted by Crippen LogP contribution is -2.62. The van der Waals surface area contributed by atoms with E-state index in [0.29, 0.717) is 12.1 Å². The molecule has 0 aromatic rings. The van der Waals surface area contributed by atoms with Gasteiger partial charge in [-0.3, -0.25) is 4.90 Å². The van der Waals surface area contributed by atoms with Crippen LogP contribution in [0.3, 0.4) is 0 Å². The van der Waals surface area contributed by atoms with Gasteiger partial charge in [-0.05, 0) is 52.0 Å². The minimum Gasteiger partial charge on any atom is -0.378 e. The highest BCUT2D eigenvalue weighted by atomic mass is 16.5. The van der Waals surface area contributed by atoms with Crippen molar-refractivity contribution in [1.82, 2.24) is 4.90 Å². The first kappa shape index (κ1) is 13.3. The highest BCUT2D eigenvalue weighted by molar-refractivity contribution is 4.99. The highest BCUT2D eigenvalue weighted by Gasteiger charge is 2.43. The summed E-state index contributed by atoms with van der Waals surface area (Å²) in [6, 6.07) is 0.674. The zero-order valence-corrected chi connectivity index (χ0v) is 11.6. The average Bonchev–Trinajstić information content (AvgIpc) is 2.28. The van der Waals surface area contributed by atoms with Crippen molar-refractivity contribution in [2.24, 2.45) is 11.7 Å². The molecular formula is C14H28N2O. The minimum atomic E-state index is 0.206. The number of nitrogens with two attached hydrogens (primary N) is 1. The molecule has 0 radical (unpaired) electrons. The minimum absolute atomic E-state index is 0.206. The van der Waals surface area contributed by atoms with E-state index in [1.54, 1.807) is 0 Å². The van der Waals surface area contributed by atoms with Crippen LogP contribution in [0, 0.1) is 5.92 Å². The Morgan fingerprint density at radius 3 is 2.71 bits per heavy atom. The third-order valence-corrected chi connectivity index (χ3v) is 4.76. The Balaban J connectivity index is 2.11. The summed E-state index contributed by atoms with van der Waals surface area (Å²) in [4.78, 5) is 2.69. The Morgan fingerprint density at radius 1 is 1.35 bits per heavy atom. The maximum atomic E-state index is 6.13. The maximum absolute atomic E-state index is 6.13. The van der Waals surface area contributed by atoms with Crippen LogP contribution in [0.1, 0.15) is 46.5 Å². The first-order valence-electron chi connectivity index (χ1n) is 7.16. The maximum Gasteiger partial charge on any atom is 0.0565 e. The second-order valence-corrected chi connectivity index (χ2v) is 6.24. The average molecular weight is 240 g/mol. The quantitative estimate of drug-likeness (QED) is 0.802. The SMILES string of the molecule is CC1CCN(C2(CN)CCOC(C)C2)C(C)C1. The topological polar surface area (TPSA) is 38.5 Å². The van der Waals surface area contributed by atoms with Gasteiger partial charge >= 0.3 is 0 Å². The summed E-state index contributed by atoms with van der Waals surface area (Å²) >= 11 is 0. The zero-order valence-electron chi connectivity index (χ0n) is 11.6. The van der Waals surface area contributed by atoms with E-state index in [0.717, 1.165) is 31.9 Å². The van der Waals surface area contributed by atoms with Gasteiger partial charge in [0, 0.05) is 24.7 Å². The zero-order chi connectivity index (χ0) is 12.5. The van der Waals surface area contributed by atoms with Gasteiger partial charge in [-0.15, -0.1) is 0 Å². The molecule has 0 amide bonds. The van der Waals surface area contributed by atoms with Crippen molar-refractivity contribution in [3.8, 4) is 0 Å². The van der Waals surface area contributed by atoms with Crippen molar-refractivity contribution in [3.63, 3.8) is 0 Å². The fourth-order valence-corrected chi connectivity index (χ4v) is 3.82. The molecule has 2 rings (SSSR count). The summed E-state index contributed by atoms with van der Waals surface area (Å²) in [5.74, 6) is 0.869. The van der Waals surface area contributed by atoms with Crippen molar-refractivity contribution in [2.45, 2.75) is 64.1 Å². The van der Waals surface area contributed by atoms with Gasteiger partial charge in [0.1, 0.15) is 0 Å². The molecule has 4 atom stereocenters. The summed E-state index contributed by atoms with van der Waals surface area (Å²) < 4.78 is 5.70. The summed E-state index contributed by atoms with van der Waals surface area (Å²) in [6.07, 6.45) is 5.20. The Kier molecular flexibility index (Phi) is 4.11. The Labute approximate surface area is 106 Å². The van der Waals surface area contributed by atoms with E-state index >= 15 is 0 Å². The van der Waals surface area contributed by atoms with Crippen LogP contribution in [0.15, 0.2) is 0 Å². The number of hydrogen-bond donors (Lipinski definition) is 1. The van der Waals surface area contributed by atoms with E-state index in [9.17, 15) is 0 Å². The first-order chi connectivity index (χ1) is 8.07. The third kappa shape index (κ3) is 2.67. The van der Waals surface area contributed by atoms with Crippen LogP contribution < -0.4 is 5.73 Å². The van der Waals surface area contributed by atoms with Crippen LogP contribution in [0.2, 0.25) is 0 Å². The van der Waals surface area contributed by atoms with Gasteiger partial charge in [0.2, 0.25) is 0 Å². The molecule has 2 aliphatic heterocycles. The summed E-state index contributed by atoms with van der Waals surface area (Å²) in [5, 5.41) is 0. The largest absolute Gasteiger partial charge is 0.378 e. The van der Waals surface area contributed by atoms with Crippen LogP contribution in [0.5, 0.6) is 0 Å². The number of nitrogens with zero attached hydrogens (tertiary/aromatic N) is 1. The molecule has 0 saturated carbocycles. The van der Waals surface area contributed by atoms with Crippen LogP contribution in [-0.2, 0) is 4.74 Å². The first-order valence-corrected chi connectivity index (χ1v) is 7.16. The number of piperidine rings is 1. The van der Waals surface area contributed by atoms with E-state index < -0.39 is 0 Å². The Morgan fingerprint density at radius 2 is 2.12 bits per heavy atom. The lowest BCUT2D eigenvalue weighted by Gasteiger charge is -2.52. The monoisotopic (exact) mass is 240 g/mol. The third-order valence-electron chi connectivity index (χ3n) is 4.76. The Bertz CT molecular complexity index is 259. The molecule has 3 nitrogen and oxygen atoms in total. The van der Waals surface area contributed by atoms with Gasteiger partial charge in [-0.1, -0.05) is 6.92 Å². The van der Waals surface area contributed by atoms with E-state index in [-0.39, 0.29) is 5.54 Å². The van der Waals surface area contributed by atoms with Crippen molar-refractivity contribution in [2.75, 3.05) is 19.7 Å². The van der Waals surface area contributed by atoms with E-state index in [1.807, 2.05) is 0 Å². The summed E-state index contributed by atoms with van der Waals surface area (Å²) in [5.41, 5.74) is 6.34. The van der Waals surface area contributed by atoms with Crippen molar-refractivity contribution in [3.05, 3.63) is 0 Å². The summed E-state index contributed by atoms with van der Waals surface area (Å²) in [7, 11) is 0. The standard InChI is InChI=1S/C14H28N2O/c1-11-4-6-16(12(2)8-11)14(10-15)5-7-17-13(3)9-14/h11-13H,4-10,15H2,1-3H3. The lowest BCUT2D eigenvalue weighted by molar-refractivity contribution is -0.0868. The highest BCUT2D eigenvalue weighted by Crippen LogP contribution is 2.36. The van der Waals surface area contributed by atoms with Gasteiger partial charge in [0.15, 0.2) is 0 Å². The molecule has 2 N–H and O–H groups in total. The van der Waals surface area contributed by atoms with E-state index in [4.69, 9.17) is 10.5 Å². The molecule has 2 saturated heterocycles. The Hall–Kier alpha value is -0.120. The smallest absolute Gasteiger partial charge is 0.0565 e. The number of likely N-dealkylation sites (tertiary alicyclic amines) is 1. The van der Waals surface area contributed by atoms with Gasteiger partial charge in [-0.2, -0.15) is 0 Å². The molecule has 17 heavy (non-hydrogen) atoms. The second-order valence-electron chi connectivity index (χ2n) is 6.24. The molecule has 0 spiro atoms. The second kappa shape index (κ2) is 5.25. The van der Waals surface area contributed by atoms with Gasteiger partial charge in [-0.25, -0.2) is 0 Å². The van der Waals surface area contributed by atoms with Crippen LogP contribution in [-0.4, -0.2) is 42.3 Å². The molecule has 0 aliphatic carbocycles. The van der Waals surface area contributed by atoms with Crippen molar-refractivity contribution >= 4 is 0 Å². The van der Waals surface area contributed by atoms with Gasteiger partial charge in [0.25, 0.3) is 0 Å². The number of ether oxygens (including phenoxy) is 1. The molecule has 0 aromatic heterocycles. The molecule has 0 bridgehead atoms. The molecule has 2 fully saturated rings. The molecule has 0 aromatic carbocycles. The van der Waals surface area contributed by atoms with Crippen LogP contribution >= 0.6 is 0 Å². The molecule has 2 heterocycles. The summed E-state index contributed by atoms with van der Waals surface area (Å²) in [6.45, 7) is 9.78. The molecule has 3 heteroatoms. The van der Waals surface area contributed by atoms with Gasteiger partial charge < -0.3 is 10.5 Å². The lowest BCUT2D eigenvalue weighted by atomic mass is 9.80. The van der Waals surface area contributed by atoms with Crippen LogP contribution in [0.4, 0.5) is 0 Å². The van der Waals surface area contributed by atoms with E-state index in [1.165, 1.54) is 19.4 Å². The fourth-order valence-electron chi connectivity index (χ4n) is 3.82. The molecule has 2 aliphatic rings. The molecule has 4 unspecified atom stereocenters. The fraction of sp³-hybridized carbons (Fsp3) is 1.00. The normalized spacial score (nSPS) is 44.8. The van der Waals surface area contributed by atoms with Crippen LogP contribution in [0.25, 0.3) is 0 Å². The number of rotatable bonds is 2. The van der Waals surface area contributed by atoms with Crippen molar-refractivity contribution in [1.29, 1.82) is 0 Å². The predicted octanol–water partition coefficient (Wildman–Crippen LogP) is 2.00.